The Kier molecular flexibility index (Phi) is 5.67. The van der Waals surface area contributed by atoms with Crippen molar-refractivity contribution in [3.05, 3.63) is 11.6 Å². The number of allylic oxidation sites excluding steroid dienone is 1. The van der Waals surface area contributed by atoms with E-state index in [9.17, 15) is 9.59 Å². The molecule has 1 amide bonds. The predicted octanol–water partition coefficient (Wildman–Crippen LogP) is 1.57. The summed E-state index contributed by atoms with van der Waals surface area (Å²) in [5.74, 6) is -1.02. The molecule has 0 saturated carbocycles. The van der Waals surface area contributed by atoms with Gasteiger partial charge in [0.25, 0.3) is 0 Å². The molecule has 0 aliphatic rings. The number of amides is 1. The molecule has 15 heavy (non-hydrogen) atoms. The van der Waals surface area contributed by atoms with E-state index in [4.69, 9.17) is 5.11 Å². The number of carbonyl (C=O) groups excluding carboxylic acids is 1. The van der Waals surface area contributed by atoms with Crippen LogP contribution in [-0.2, 0) is 9.59 Å². The number of rotatable bonds is 5. The first kappa shape index (κ1) is 13.7. The molecule has 86 valence electrons. The lowest BCUT2D eigenvalue weighted by Crippen LogP contribution is -2.39. The maximum absolute atomic E-state index is 11.4. The molecule has 0 radical (unpaired) electrons. The van der Waals surface area contributed by atoms with Gasteiger partial charge in [-0.2, -0.15) is 0 Å². The molecule has 0 saturated heterocycles. The molecular formula is C11H19NO3. The van der Waals surface area contributed by atoms with Crippen LogP contribution in [0.3, 0.4) is 0 Å². The Morgan fingerprint density at radius 2 is 1.87 bits per heavy atom. The summed E-state index contributed by atoms with van der Waals surface area (Å²) in [4.78, 5) is 21.9. The summed E-state index contributed by atoms with van der Waals surface area (Å²) < 4.78 is 0. The fraction of sp³-hybridized carbons (Fsp3) is 0.636. The first-order chi connectivity index (χ1) is 6.82. The molecule has 0 spiro atoms. The number of hydrogen-bond donors (Lipinski definition) is 2. The first-order valence-electron chi connectivity index (χ1n) is 5.00. The van der Waals surface area contributed by atoms with Gasteiger partial charge < -0.3 is 10.4 Å². The van der Waals surface area contributed by atoms with Crippen LogP contribution in [0.4, 0.5) is 0 Å². The smallest absolute Gasteiger partial charge is 0.305 e. The van der Waals surface area contributed by atoms with Gasteiger partial charge in [-0.3, -0.25) is 9.59 Å². The van der Waals surface area contributed by atoms with Crippen LogP contribution < -0.4 is 5.32 Å². The molecule has 0 aromatic heterocycles. The SMILES string of the molecule is CC(C)=CC(=O)NC(CC(=O)O)C(C)C. The molecule has 1 unspecified atom stereocenters. The zero-order valence-electron chi connectivity index (χ0n) is 9.70. The highest BCUT2D eigenvalue weighted by Crippen LogP contribution is 2.06. The van der Waals surface area contributed by atoms with E-state index in [1.165, 1.54) is 6.08 Å². The van der Waals surface area contributed by atoms with Crippen LogP contribution in [0.15, 0.2) is 11.6 Å². The van der Waals surface area contributed by atoms with Gasteiger partial charge in [-0.25, -0.2) is 0 Å². The van der Waals surface area contributed by atoms with E-state index < -0.39 is 5.97 Å². The van der Waals surface area contributed by atoms with E-state index in [1.807, 2.05) is 27.7 Å². The second kappa shape index (κ2) is 6.22. The molecule has 0 fully saturated rings. The van der Waals surface area contributed by atoms with Crippen molar-refractivity contribution < 1.29 is 14.7 Å². The van der Waals surface area contributed by atoms with E-state index in [-0.39, 0.29) is 24.3 Å². The molecule has 1 atom stereocenters. The largest absolute Gasteiger partial charge is 0.481 e. The quantitative estimate of drug-likeness (QED) is 0.681. The maximum atomic E-state index is 11.4. The van der Waals surface area contributed by atoms with Crippen LogP contribution in [0, 0.1) is 5.92 Å². The van der Waals surface area contributed by atoms with E-state index in [0.717, 1.165) is 5.57 Å². The molecule has 0 aromatic carbocycles. The highest BCUT2D eigenvalue weighted by molar-refractivity contribution is 5.88. The third-order valence-corrected chi connectivity index (χ3v) is 1.95. The number of carboxylic acids is 1. The van der Waals surface area contributed by atoms with E-state index >= 15 is 0 Å². The number of nitrogens with one attached hydrogen (secondary N) is 1. The van der Waals surface area contributed by atoms with Crippen LogP contribution in [0.5, 0.6) is 0 Å². The van der Waals surface area contributed by atoms with Gasteiger partial charge in [0.2, 0.25) is 5.91 Å². The molecule has 2 N–H and O–H groups in total. The third-order valence-electron chi connectivity index (χ3n) is 1.95. The topological polar surface area (TPSA) is 66.4 Å². The third kappa shape index (κ3) is 6.71. The minimum absolute atomic E-state index is 0.0417. The average molecular weight is 213 g/mol. The Labute approximate surface area is 90.4 Å². The van der Waals surface area contributed by atoms with Crippen LogP contribution in [-0.4, -0.2) is 23.0 Å². The molecule has 0 aliphatic heterocycles. The van der Waals surface area contributed by atoms with Crippen LogP contribution >= 0.6 is 0 Å². The fourth-order valence-electron chi connectivity index (χ4n) is 1.13. The summed E-state index contributed by atoms with van der Waals surface area (Å²) in [6.07, 6.45) is 1.43. The monoisotopic (exact) mass is 213 g/mol. The van der Waals surface area contributed by atoms with Crippen molar-refractivity contribution in [1.82, 2.24) is 5.32 Å². The van der Waals surface area contributed by atoms with Crippen molar-refractivity contribution in [2.45, 2.75) is 40.2 Å². The normalized spacial score (nSPS) is 12.1. The molecule has 0 bridgehead atoms. The second-order valence-corrected chi connectivity index (χ2v) is 4.18. The maximum Gasteiger partial charge on any atom is 0.305 e. The molecule has 4 nitrogen and oxygen atoms in total. The Hall–Kier alpha value is -1.32. The Morgan fingerprint density at radius 1 is 1.33 bits per heavy atom. The Morgan fingerprint density at radius 3 is 2.20 bits per heavy atom. The average Bonchev–Trinajstić information content (AvgIpc) is 1.99. The Balaban J connectivity index is 4.35. The molecule has 0 aromatic rings. The molecular weight excluding hydrogens is 194 g/mol. The highest BCUT2D eigenvalue weighted by atomic mass is 16.4. The van der Waals surface area contributed by atoms with Crippen LogP contribution in [0.25, 0.3) is 0 Å². The number of carboxylic acid groups (broad SMARTS) is 1. The van der Waals surface area contributed by atoms with E-state index in [0.29, 0.717) is 0 Å². The lowest BCUT2D eigenvalue weighted by Gasteiger charge is -2.19. The van der Waals surface area contributed by atoms with Gasteiger partial charge in [-0.05, 0) is 19.8 Å². The van der Waals surface area contributed by atoms with Crippen LogP contribution in [0.1, 0.15) is 34.1 Å². The highest BCUT2D eigenvalue weighted by Gasteiger charge is 2.18. The summed E-state index contributed by atoms with van der Waals surface area (Å²) >= 11 is 0. The van der Waals surface area contributed by atoms with E-state index in [1.54, 1.807) is 0 Å². The summed E-state index contributed by atoms with van der Waals surface area (Å²) in [7, 11) is 0. The predicted molar refractivity (Wildman–Crippen MR) is 58.5 cm³/mol. The van der Waals surface area contributed by atoms with Gasteiger partial charge >= 0.3 is 5.97 Å². The fourth-order valence-corrected chi connectivity index (χ4v) is 1.13. The van der Waals surface area contributed by atoms with Gasteiger partial charge in [-0.15, -0.1) is 0 Å². The number of hydrogen-bond acceptors (Lipinski definition) is 2. The lowest BCUT2D eigenvalue weighted by atomic mass is 10.0. The minimum atomic E-state index is -0.897. The lowest BCUT2D eigenvalue weighted by molar-refractivity contribution is -0.138. The van der Waals surface area contributed by atoms with Crippen molar-refractivity contribution in [3.63, 3.8) is 0 Å². The molecule has 4 heteroatoms. The molecule has 0 aliphatic carbocycles. The summed E-state index contributed by atoms with van der Waals surface area (Å²) in [5, 5.41) is 11.3. The first-order valence-corrected chi connectivity index (χ1v) is 5.00. The van der Waals surface area contributed by atoms with Crippen molar-refractivity contribution in [3.8, 4) is 0 Å². The zero-order chi connectivity index (χ0) is 12.0. The van der Waals surface area contributed by atoms with Crippen molar-refractivity contribution in [2.24, 2.45) is 5.92 Å². The van der Waals surface area contributed by atoms with E-state index in [2.05, 4.69) is 5.32 Å². The summed E-state index contributed by atoms with van der Waals surface area (Å²) in [6, 6.07) is -0.314. The Bertz CT molecular complexity index is 265. The van der Waals surface area contributed by atoms with Gasteiger partial charge in [0.1, 0.15) is 0 Å². The number of carbonyl (C=O) groups is 2. The minimum Gasteiger partial charge on any atom is -0.481 e. The second-order valence-electron chi connectivity index (χ2n) is 4.18. The van der Waals surface area contributed by atoms with Gasteiger partial charge in [0.05, 0.1) is 6.42 Å². The van der Waals surface area contributed by atoms with Gasteiger partial charge in [0.15, 0.2) is 0 Å². The summed E-state index contributed by atoms with van der Waals surface area (Å²) in [6.45, 7) is 7.41. The molecule has 0 heterocycles. The summed E-state index contributed by atoms with van der Waals surface area (Å²) in [5.41, 5.74) is 0.894. The van der Waals surface area contributed by atoms with Crippen molar-refractivity contribution in [2.75, 3.05) is 0 Å². The van der Waals surface area contributed by atoms with Gasteiger partial charge in [-0.1, -0.05) is 19.4 Å². The van der Waals surface area contributed by atoms with Crippen molar-refractivity contribution in [1.29, 1.82) is 0 Å². The number of aliphatic carboxylic acids is 1. The molecule has 0 rings (SSSR count). The van der Waals surface area contributed by atoms with Crippen molar-refractivity contribution >= 4 is 11.9 Å². The zero-order valence-corrected chi connectivity index (χ0v) is 9.70. The van der Waals surface area contributed by atoms with Crippen LogP contribution in [0.2, 0.25) is 0 Å². The van der Waals surface area contributed by atoms with Gasteiger partial charge in [0, 0.05) is 12.1 Å². The standard InChI is InChI=1S/C11H19NO3/c1-7(2)5-10(13)12-9(8(3)4)6-11(14)15/h5,8-9H,6H2,1-4H3,(H,12,13)(H,14,15).